The molecular weight excluding hydrogens is 396 g/mol. The molecule has 0 spiro atoms. The molecule has 1 aliphatic heterocycles. The van der Waals surface area contributed by atoms with E-state index in [1.54, 1.807) is 18.7 Å². The molecular formula is C20H24N2O4S2. The Morgan fingerprint density at radius 3 is 2.64 bits per heavy atom. The molecule has 3 rings (SSSR count). The number of benzene rings is 2. The Morgan fingerprint density at radius 2 is 1.93 bits per heavy atom. The lowest BCUT2D eigenvalue weighted by molar-refractivity contribution is 0.0935. The molecule has 6 nitrogen and oxygen atoms in total. The van der Waals surface area contributed by atoms with Gasteiger partial charge in [-0.1, -0.05) is 18.2 Å². The lowest BCUT2D eigenvalue weighted by Crippen LogP contribution is -2.35. The summed E-state index contributed by atoms with van der Waals surface area (Å²) >= 11 is 1.79. The monoisotopic (exact) mass is 420 g/mol. The van der Waals surface area contributed by atoms with E-state index in [0.717, 1.165) is 17.7 Å². The molecule has 0 radical (unpaired) electrons. The Morgan fingerprint density at radius 1 is 1.21 bits per heavy atom. The predicted molar refractivity (Wildman–Crippen MR) is 110 cm³/mol. The minimum Gasteiger partial charge on any atom is -0.383 e. The molecule has 0 saturated carbocycles. The van der Waals surface area contributed by atoms with Crippen molar-refractivity contribution in [2.24, 2.45) is 0 Å². The highest BCUT2D eigenvalue weighted by Crippen LogP contribution is 2.35. The van der Waals surface area contributed by atoms with Crippen LogP contribution in [0.25, 0.3) is 0 Å². The second-order valence-electron chi connectivity index (χ2n) is 6.70. The molecule has 0 aromatic heterocycles. The first-order valence-electron chi connectivity index (χ1n) is 9.04. The number of thioether (sulfide) groups is 1. The maximum absolute atomic E-state index is 12.6. The number of fused-ring (bicyclic) bond motifs is 1. The van der Waals surface area contributed by atoms with Crippen molar-refractivity contribution in [2.75, 3.05) is 19.5 Å². The molecule has 0 fully saturated rings. The van der Waals surface area contributed by atoms with Gasteiger partial charge in [-0.2, -0.15) is 0 Å². The molecule has 8 heteroatoms. The van der Waals surface area contributed by atoms with Crippen LogP contribution in [0.4, 0.5) is 0 Å². The van der Waals surface area contributed by atoms with Crippen molar-refractivity contribution in [1.82, 2.24) is 10.0 Å². The van der Waals surface area contributed by atoms with Gasteiger partial charge in [0.2, 0.25) is 10.0 Å². The van der Waals surface area contributed by atoms with Crippen molar-refractivity contribution >= 4 is 27.7 Å². The van der Waals surface area contributed by atoms with Crippen molar-refractivity contribution in [3.8, 4) is 0 Å². The Balaban J connectivity index is 1.69. The highest BCUT2D eigenvalue weighted by molar-refractivity contribution is 7.99. The molecule has 150 valence electrons. The van der Waals surface area contributed by atoms with Crippen molar-refractivity contribution in [3.63, 3.8) is 0 Å². The average molecular weight is 421 g/mol. The van der Waals surface area contributed by atoms with E-state index in [4.69, 9.17) is 4.74 Å². The Kier molecular flexibility index (Phi) is 6.77. The summed E-state index contributed by atoms with van der Waals surface area (Å²) in [5.74, 6) is 0.737. The molecule has 1 heterocycles. The number of sulfonamides is 1. The molecule has 1 aliphatic rings. The topological polar surface area (TPSA) is 84.5 Å². The van der Waals surface area contributed by atoms with E-state index >= 15 is 0 Å². The first-order valence-corrected chi connectivity index (χ1v) is 11.5. The first-order chi connectivity index (χ1) is 13.4. The fourth-order valence-electron chi connectivity index (χ4n) is 3.14. The molecule has 2 aromatic rings. The van der Waals surface area contributed by atoms with Crippen LogP contribution in [0.3, 0.4) is 0 Å². The van der Waals surface area contributed by atoms with Crippen LogP contribution in [0, 0.1) is 0 Å². The Hall–Kier alpha value is -1.87. The van der Waals surface area contributed by atoms with Gasteiger partial charge < -0.3 is 10.1 Å². The minimum atomic E-state index is -3.66. The van der Waals surface area contributed by atoms with E-state index in [-0.39, 0.29) is 29.5 Å². The summed E-state index contributed by atoms with van der Waals surface area (Å²) < 4.78 is 32.3. The molecule has 0 bridgehead atoms. The molecule has 28 heavy (non-hydrogen) atoms. The largest absolute Gasteiger partial charge is 0.383 e. The van der Waals surface area contributed by atoms with Crippen molar-refractivity contribution in [1.29, 1.82) is 0 Å². The summed E-state index contributed by atoms with van der Waals surface area (Å²) in [6.45, 7) is 2.00. The summed E-state index contributed by atoms with van der Waals surface area (Å²) in [5, 5.41) is 3.06. The van der Waals surface area contributed by atoms with Gasteiger partial charge in [-0.15, -0.1) is 11.8 Å². The summed E-state index contributed by atoms with van der Waals surface area (Å²) in [6, 6.07) is 13.7. The van der Waals surface area contributed by atoms with Crippen molar-refractivity contribution in [2.45, 2.75) is 35.2 Å². The third-order valence-electron chi connectivity index (χ3n) is 4.46. The van der Waals surface area contributed by atoms with Gasteiger partial charge in [0.1, 0.15) is 0 Å². The highest BCUT2D eigenvalue weighted by atomic mass is 32.2. The summed E-state index contributed by atoms with van der Waals surface area (Å²) in [6.07, 6.45) is 0.862. The van der Waals surface area contributed by atoms with Gasteiger partial charge in [-0.3, -0.25) is 4.79 Å². The number of hydrogen-bond donors (Lipinski definition) is 2. The number of carbonyl (C=O) groups excluding carboxylic acids is 1. The zero-order chi connectivity index (χ0) is 20.1. The maximum atomic E-state index is 12.6. The maximum Gasteiger partial charge on any atom is 0.251 e. The van der Waals surface area contributed by atoms with E-state index in [9.17, 15) is 13.2 Å². The Labute approximate surface area is 170 Å². The SMILES string of the molecule is COC[C@@H](C)NS(=O)(=O)c1ccc(C(=O)N[C@@H]2CCSc3ccccc32)cc1. The van der Waals surface area contributed by atoms with Crippen LogP contribution in [0.15, 0.2) is 58.3 Å². The van der Waals surface area contributed by atoms with Crippen LogP contribution in [0.5, 0.6) is 0 Å². The fraction of sp³-hybridized carbons (Fsp3) is 0.350. The molecule has 0 saturated heterocycles. The summed E-state index contributed by atoms with van der Waals surface area (Å²) in [5.41, 5.74) is 1.56. The van der Waals surface area contributed by atoms with Gasteiger partial charge in [0.15, 0.2) is 0 Å². The number of amides is 1. The first kappa shape index (κ1) is 20.9. The van der Waals surface area contributed by atoms with Crippen LogP contribution in [0.2, 0.25) is 0 Å². The standard InChI is InChI=1S/C20H24N2O4S2/c1-14(13-26-2)22-28(24,25)16-9-7-15(8-10-16)20(23)21-18-11-12-27-19-6-4-3-5-17(18)19/h3-10,14,18,22H,11-13H2,1-2H3,(H,21,23)/t14-,18-/m1/s1. The zero-order valence-corrected chi connectivity index (χ0v) is 17.5. The van der Waals surface area contributed by atoms with Crippen LogP contribution < -0.4 is 10.0 Å². The van der Waals surface area contributed by atoms with Gasteiger partial charge in [-0.25, -0.2) is 13.1 Å². The van der Waals surface area contributed by atoms with Crippen LogP contribution >= 0.6 is 11.8 Å². The summed E-state index contributed by atoms with van der Waals surface area (Å²) in [4.78, 5) is 14.0. The number of ether oxygens (including phenoxy) is 1. The number of rotatable bonds is 7. The lowest BCUT2D eigenvalue weighted by atomic mass is 10.0. The van der Waals surface area contributed by atoms with Crippen molar-refractivity contribution in [3.05, 3.63) is 59.7 Å². The zero-order valence-electron chi connectivity index (χ0n) is 15.8. The summed E-state index contributed by atoms with van der Waals surface area (Å²) in [7, 11) is -2.14. The molecule has 2 atom stereocenters. The van der Waals surface area contributed by atoms with Crippen LogP contribution in [0.1, 0.15) is 35.3 Å². The van der Waals surface area contributed by atoms with Gasteiger partial charge in [-0.05, 0) is 49.2 Å². The normalized spacial score (nSPS) is 17.6. The molecule has 1 amide bonds. The van der Waals surface area contributed by atoms with Crippen LogP contribution in [-0.4, -0.2) is 39.8 Å². The van der Waals surface area contributed by atoms with Gasteiger partial charge >= 0.3 is 0 Å². The number of nitrogens with one attached hydrogen (secondary N) is 2. The van der Waals surface area contributed by atoms with E-state index < -0.39 is 10.0 Å². The quantitative estimate of drug-likeness (QED) is 0.719. The Bertz CT molecular complexity index is 929. The molecule has 0 unspecified atom stereocenters. The molecule has 0 aliphatic carbocycles. The van der Waals surface area contributed by atoms with E-state index in [1.165, 1.54) is 36.3 Å². The van der Waals surface area contributed by atoms with Crippen molar-refractivity contribution < 1.29 is 17.9 Å². The van der Waals surface area contributed by atoms with Gasteiger partial charge in [0, 0.05) is 29.4 Å². The van der Waals surface area contributed by atoms with E-state index in [1.807, 2.05) is 18.2 Å². The van der Waals surface area contributed by atoms with E-state index in [2.05, 4.69) is 16.1 Å². The minimum absolute atomic E-state index is 0.0371. The van der Waals surface area contributed by atoms with Crippen LogP contribution in [-0.2, 0) is 14.8 Å². The smallest absolute Gasteiger partial charge is 0.251 e. The predicted octanol–water partition coefficient (Wildman–Crippen LogP) is 2.97. The third-order valence-corrected chi connectivity index (χ3v) is 7.19. The number of carbonyl (C=O) groups is 1. The molecule has 2 N–H and O–H groups in total. The van der Waals surface area contributed by atoms with Gasteiger partial charge in [0.05, 0.1) is 17.5 Å². The molecule has 2 aromatic carbocycles. The van der Waals surface area contributed by atoms with Gasteiger partial charge in [0.25, 0.3) is 5.91 Å². The number of hydrogen-bond acceptors (Lipinski definition) is 5. The third kappa shape index (κ3) is 4.94. The number of methoxy groups -OCH3 is 1. The second kappa shape index (κ2) is 9.09. The fourth-order valence-corrected chi connectivity index (χ4v) is 5.49. The second-order valence-corrected chi connectivity index (χ2v) is 9.55. The highest BCUT2D eigenvalue weighted by Gasteiger charge is 2.23. The lowest BCUT2D eigenvalue weighted by Gasteiger charge is -2.25. The van der Waals surface area contributed by atoms with E-state index in [0.29, 0.717) is 5.56 Å². The average Bonchev–Trinajstić information content (AvgIpc) is 2.68.